The number of nitrogens with zero attached hydrogens (tertiary/aromatic N) is 1. The molecule has 0 fully saturated rings. The first kappa shape index (κ1) is 15.5. The van der Waals surface area contributed by atoms with E-state index in [1.807, 2.05) is 0 Å². The average molecular weight is 284 g/mol. The number of benzene rings is 1. The van der Waals surface area contributed by atoms with Crippen LogP contribution in [0.5, 0.6) is 0 Å². The van der Waals surface area contributed by atoms with Crippen LogP contribution in [0.4, 0.5) is 10.1 Å². The first-order valence-electron chi connectivity index (χ1n) is 5.76. The maximum Gasteiger partial charge on any atom is 0.326 e. The van der Waals surface area contributed by atoms with Crippen LogP contribution in [0, 0.1) is 22.9 Å². The smallest absolute Gasteiger partial charge is 0.326 e. The molecule has 108 valence electrons. The molecule has 0 aliphatic heterocycles. The van der Waals surface area contributed by atoms with Gasteiger partial charge in [-0.25, -0.2) is 9.18 Å². The normalized spacial score (nSPS) is 11.8. The van der Waals surface area contributed by atoms with E-state index in [2.05, 4.69) is 5.32 Å². The maximum atomic E-state index is 13.8. The Balaban J connectivity index is 3.15. The molecule has 20 heavy (non-hydrogen) atoms. The Morgan fingerprint density at radius 1 is 1.50 bits per heavy atom. The quantitative estimate of drug-likeness (QED) is 0.631. The van der Waals surface area contributed by atoms with E-state index in [1.165, 1.54) is 13.8 Å². The number of hydrogen-bond donors (Lipinski definition) is 2. The van der Waals surface area contributed by atoms with Gasteiger partial charge in [-0.2, -0.15) is 0 Å². The zero-order valence-corrected chi connectivity index (χ0v) is 10.8. The van der Waals surface area contributed by atoms with Gasteiger partial charge < -0.3 is 10.4 Å². The molecule has 0 aliphatic rings. The summed E-state index contributed by atoms with van der Waals surface area (Å²) < 4.78 is 13.8. The van der Waals surface area contributed by atoms with Gasteiger partial charge in [0.25, 0.3) is 11.6 Å². The summed E-state index contributed by atoms with van der Waals surface area (Å²) >= 11 is 0. The Hall–Kier alpha value is -2.51. The SMILES string of the molecule is CCC(NC(=O)c1cc([N+](=O)[O-])cc(C)c1F)C(=O)O. The molecule has 1 aromatic carbocycles. The average Bonchev–Trinajstić information content (AvgIpc) is 2.37. The highest BCUT2D eigenvalue weighted by molar-refractivity contribution is 5.97. The van der Waals surface area contributed by atoms with Gasteiger partial charge in [-0.15, -0.1) is 0 Å². The summed E-state index contributed by atoms with van der Waals surface area (Å²) in [7, 11) is 0. The molecule has 7 nitrogen and oxygen atoms in total. The second-order valence-electron chi connectivity index (χ2n) is 4.15. The highest BCUT2D eigenvalue weighted by atomic mass is 19.1. The topological polar surface area (TPSA) is 110 Å². The van der Waals surface area contributed by atoms with Crippen molar-refractivity contribution < 1.29 is 24.0 Å². The number of amides is 1. The zero-order valence-electron chi connectivity index (χ0n) is 10.8. The van der Waals surface area contributed by atoms with Crippen LogP contribution in [-0.2, 0) is 4.79 Å². The van der Waals surface area contributed by atoms with Crippen LogP contribution in [0.3, 0.4) is 0 Å². The first-order valence-corrected chi connectivity index (χ1v) is 5.76. The number of hydrogen-bond acceptors (Lipinski definition) is 4. The minimum atomic E-state index is -1.26. The maximum absolute atomic E-state index is 13.8. The summed E-state index contributed by atoms with van der Waals surface area (Å²) in [6.07, 6.45) is 0.108. The molecule has 2 N–H and O–H groups in total. The minimum absolute atomic E-state index is 0.0623. The molecule has 0 bridgehead atoms. The Kier molecular flexibility index (Phi) is 4.73. The number of aryl methyl sites for hydroxylation is 1. The molecule has 0 spiro atoms. The van der Waals surface area contributed by atoms with E-state index >= 15 is 0 Å². The Morgan fingerprint density at radius 2 is 2.10 bits per heavy atom. The van der Waals surface area contributed by atoms with Crippen LogP contribution < -0.4 is 5.32 Å². The highest BCUT2D eigenvalue weighted by Gasteiger charge is 2.23. The van der Waals surface area contributed by atoms with E-state index < -0.39 is 39.9 Å². The van der Waals surface area contributed by atoms with Crippen LogP contribution in [0.15, 0.2) is 12.1 Å². The molecule has 0 aliphatic carbocycles. The standard InChI is InChI=1S/C12H13FN2O5/c1-3-9(12(17)18)14-11(16)8-5-7(15(19)20)4-6(2)10(8)13/h4-5,9H,3H2,1-2H3,(H,14,16)(H,17,18). The van der Waals surface area contributed by atoms with Crippen molar-refractivity contribution in [3.8, 4) is 0 Å². The lowest BCUT2D eigenvalue weighted by atomic mass is 10.1. The molecular formula is C12H13FN2O5. The van der Waals surface area contributed by atoms with Crippen LogP contribution in [0.25, 0.3) is 0 Å². The number of carboxylic acids is 1. The van der Waals surface area contributed by atoms with Crippen molar-refractivity contribution in [2.75, 3.05) is 0 Å². The summed E-state index contributed by atoms with van der Waals surface area (Å²) in [4.78, 5) is 32.6. The lowest BCUT2D eigenvalue weighted by Crippen LogP contribution is -2.40. The number of nitrogens with one attached hydrogen (secondary N) is 1. The van der Waals surface area contributed by atoms with E-state index in [4.69, 9.17) is 5.11 Å². The molecule has 1 amide bonds. The van der Waals surface area contributed by atoms with Crippen molar-refractivity contribution in [1.29, 1.82) is 0 Å². The third-order valence-electron chi connectivity index (χ3n) is 2.71. The second-order valence-corrected chi connectivity index (χ2v) is 4.15. The molecule has 0 aromatic heterocycles. The van der Waals surface area contributed by atoms with Gasteiger partial charge in [0.2, 0.25) is 0 Å². The lowest BCUT2D eigenvalue weighted by molar-refractivity contribution is -0.385. The summed E-state index contributed by atoms with van der Waals surface area (Å²) in [5.41, 5.74) is -1.04. The van der Waals surface area contributed by atoms with Gasteiger partial charge in [0.05, 0.1) is 10.5 Å². The van der Waals surface area contributed by atoms with Crippen molar-refractivity contribution in [2.24, 2.45) is 0 Å². The van der Waals surface area contributed by atoms with Crippen molar-refractivity contribution >= 4 is 17.6 Å². The number of carboxylic acid groups (broad SMARTS) is 1. The monoisotopic (exact) mass is 284 g/mol. The fourth-order valence-electron chi connectivity index (χ4n) is 1.60. The summed E-state index contributed by atoms with van der Waals surface area (Å²) in [6.45, 7) is 2.82. The Labute approximate surface area is 113 Å². The molecule has 1 atom stereocenters. The first-order chi connectivity index (χ1) is 9.27. The zero-order chi connectivity index (χ0) is 15.4. The number of carbonyl (C=O) groups excluding carboxylic acids is 1. The van der Waals surface area contributed by atoms with E-state index in [1.54, 1.807) is 0 Å². The largest absolute Gasteiger partial charge is 0.480 e. The summed E-state index contributed by atoms with van der Waals surface area (Å²) in [5, 5.41) is 21.6. The molecule has 0 heterocycles. The van der Waals surface area contributed by atoms with Crippen LogP contribution in [0.1, 0.15) is 29.3 Å². The third kappa shape index (κ3) is 3.28. The summed E-state index contributed by atoms with van der Waals surface area (Å²) in [5.74, 6) is -3.17. The molecule has 0 radical (unpaired) electrons. The van der Waals surface area contributed by atoms with Gasteiger partial charge in [0, 0.05) is 12.1 Å². The van der Waals surface area contributed by atoms with Gasteiger partial charge >= 0.3 is 5.97 Å². The molecule has 8 heteroatoms. The van der Waals surface area contributed by atoms with Crippen molar-refractivity contribution in [3.63, 3.8) is 0 Å². The molecule has 0 saturated carbocycles. The van der Waals surface area contributed by atoms with Gasteiger partial charge in [0.1, 0.15) is 11.9 Å². The van der Waals surface area contributed by atoms with Crippen LogP contribution in [0.2, 0.25) is 0 Å². The van der Waals surface area contributed by atoms with Crippen LogP contribution in [-0.4, -0.2) is 27.9 Å². The van der Waals surface area contributed by atoms with E-state index in [0.717, 1.165) is 12.1 Å². The predicted molar refractivity (Wildman–Crippen MR) is 67.0 cm³/mol. The third-order valence-corrected chi connectivity index (χ3v) is 2.71. The predicted octanol–water partition coefficient (Wildman–Crippen LogP) is 1.64. The molecule has 1 aromatic rings. The van der Waals surface area contributed by atoms with E-state index in [9.17, 15) is 24.1 Å². The number of carbonyl (C=O) groups is 2. The number of nitro benzene ring substituents is 1. The number of rotatable bonds is 5. The van der Waals surface area contributed by atoms with Gasteiger partial charge in [-0.1, -0.05) is 6.92 Å². The lowest BCUT2D eigenvalue weighted by Gasteiger charge is -2.13. The van der Waals surface area contributed by atoms with E-state index in [0.29, 0.717) is 0 Å². The van der Waals surface area contributed by atoms with Gasteiger partial charge in [-0.3, -0.25) is 14.9 Å². The van der Waals surface area contributed by atoms with Crippen LogP contribution >= 0.6 is 0 Å². The number of aliphatic carboxylic acids is 1. The van der Waals surface area contributed by atoms with Gasteiger partial charge in [0.15, 0.2) is 0 Å². The number of nitro groups is 1. The molecule has 1 unspecified atom stereocenters. The van der Waals surface area contributed by atoms with Crippen molar-refractivity contribution in [1.82, 2.24) is 5.32 Å². The Morgan fingerprint density at radius 3 is 2.55 bits per heavy atom. The minimum Gasteiger partial charge on any atom is -0.480 e. The Bertz CT molecular complexity index is 573. The molecule has 1 rings (SSSR count). The molecular weight excluding hydrogens is 271 g/mol. The number of non-ortho nitro benzene ring substituents is 1. The summed E-state index contributed by atoms with van der Waals surface area (Å²) in [6, 6.07) is 0.605. The number of halogens is 1. The molecule has 0 saturated heterocycles. The highest BCUT2D eigenvalue weighted by Crippen LogP contribution is 2.21. The van der Waals surface area contributed by atoms with E-state index in [-0.39, 0.29) is 12.0 Å². The van der Waals surface area contributed by atoms with Crippen molar-refractivity contribution in [3.05, 3.63) is 39.2 Å². The van der Waals surface area contributed by atoms with Gasteiger partial charge in [-0.05, 0) is 18.9 Å². The second kappa shape index (κ2) is 6.09. The fourth-order valence-corrected chi connectivity index (χ4v) is 1.60. The fraction of sp³-hybridized carbons (Fsp3) is 0.333. The van der Waals surface area contributed by atoms with Crippen molar-refractivity contribution in [2.45, 2.75) is 26.3 Å².